The van der Waals surface area contributed by atoms with Crippen LogP contribution in [0.25, 0.3) is 0 Å². The van der Waals surface area contributed by atoms with Gasteiger partial charge in [-0.2, -0.15) is 5.10 Å². The third-order valence-corrected chi connectivity index (χ3v) is 4.18. The normalized spacial score (nSPS) is 10.5. The van der Waals surface area contributed by atoms with Crippen LogP contribution in [-0.2, 0) is 13.0 Å². The number of carbonyl (C=O) groups is 1. The maximum absolute atomic E-state index is 13.0. The molecule has 28 heavy (non-hydrogen) atoms. The maximum atomic E-state index is 13.0. The Kier molecular flexibility index (Phi) is 6.16. The van der Waals surface area contributed by atoms with Gasteiger partial charge in [-0.25, -0.2) is 9.07 Å². The number of halogens is 1. The summed E-state index contributed by atoms with van der Waals surface area (Å²) in [5.41, 5.74) is 1.56. The van der Waals surface area contributed by atoms with E-state index >= 15 is 0 Å². The molecular weight excluding hydrogens is 361 g/mol. The first-order valence-corrected chi connectivity index (χ1v) is 8.79. The van der Waals surface area contributed by atoms with Crippen molar-refractivity contribution in [3.8, 4) is 5.75 Å². The molecule has 1 aromatic heterocycles. The lowest BCUT2D eigenvalue weighted by Gasteiger charge is -2.09. The molecule has 7 heteroatoms. The molecule has 0 atom stereocenters. The van der Waals surface area contributed by atoms with E-state index in [1.165, 1.54) is 28.9 Å². The lowest BCUT2D eigenvalue weighted by Crippen LogP contribution is -2.31. The van der Waals surface area contributed by atoms with E-state index in [2.05, 4.69) is 10.4 Å². The molecule has 1 N–H and O–H groups in total. The van der Waals surface area contributed by atoms with Crippen molar-refractivity contribution in [1.82, 2.24) is 15.1 Å². The number of hydrogen-bond donors (Lipinski definition) is 1. The Labute approximate surface area is 161 Å². The summed E-state index contributed by atoms with van der Waals surface area (Å²) in [5, 5.41) is 6.92. The van der Waals surface area contributed by atoms with Crippen LogP contribution >= 0.6 is 0 Å². The number of benzene rings is 2. The molecule has 6 nitrogen and oxygen atoms in total. The van der Waals surface area contributed by atoms with Gasteiger partial charge in [-0.1, -0.05) is 24.3 Å². The second-order valence-electron chi connectivity index (χ2n) is 6.20. The first-order chi connectivity index (χ1) is 13.5. The van der Waals surface area contributed by atoms with Crippen LogP contribution in [0.4, 0.5) is 4.39 Å². The van der Waals surface area contributed by atoms with Crippen LogP contribution < -0.4 is 15.6 Å². The van der Waals surface area contributed by atoms with Gasteiger partial charge in [-0.3, -0.25) is 9.59 Å². The molecule has 0 spiro atoms. The molecule has 0 saturated heterocycles. The molecule has 2 aromatic carbocycles. The molecule has 1 heterocycles. The Morgan fingerprint density at radius 2 is 1.89 bits per heavy atom. The van der Waals surface area contributed by atoms with E-state index in [1.807, 2.05) is 24.3 Å². The fourth-order valence-electron chi connectivity index (χ4n) is 2.68. The van der Waals surface area contributed by atoms with Crippen molar-refractivity contribution in [3.05, 3.63) is 93.7 Å². The lowest BCUT2D eigenvalue weighted by atomic mass is 10.1. The number of nitrogens with zero attached hydrogens (tertiary/aromatic N) is 2. The van der Waals surface area contributed by atoms with Crippen LogP contribution in [0.3, 0.4) is 0 Å². The predicted molar refractivity (Wildman–Crippen MR) is 103 cm³/mol. The van der Waals surface area contributed by atoms with Gasteiger partial charge in [0.1, 0.15) is 17.3 Å². The van der Waals surface area contributed by atoms with E-state index in [4.69, 9.17) is 4.74 Å². The summed E-state index contributed by atoms with van der Waals surface area (Å²) in [5.74, 6) is 0.0438. The second-order valence-corrected chi connectivity index (χ2v) is 6.20. The fraction of sp³-hybridized carbons (Fsp3) is 0.190. The zero-order valence-electron chi connectivity index (χ0n) is 15.4. The average molecular weight is 381 g/mol. The fourth-order valence-corrected chi connectivity index (χ4v) is 2.68. The molecule has 0 saturated carbocycles. The Bertz CT molecular complexity index is 1020. The third-order valence-electron chi connectivity index (χ3n) is 4.18. The van der Waals surface area contributed by atoms with Crippen molar-refractivity contribution in [2.75, 3.05) is 13.7 Å². The van der Waals surface area contributed by atoms with Crippen molar-refractivity contribution in [3.63, 3.8) is 0 Å². The van der Waals surface area contributed by atoms with Crippen LogP contribution in [0.2, 0.25) is 0 Å². The van der Waals surface area contributed by atoms with E-state index in [0.29, 0.717) is 18.5 Å². The largest absolute Gasteiger partial charge is 0.497 e. The molecule has 0 aliphatic carbocycles. The molecule has 0 aliphatic rings. The summed E-state index contributed by atoms with van der Waals surface area (Å²) in [6.07, 6.45) is 0.637. The first kappa shape index (κ1) is 19.3. The molecule has 0 fully saturated rings. The van der Waals surface area contributed by atoms with Crippen LogP contribution in [0.1, 0.15) is 21.6 Å². The number of rotatable bonds is 7. The number of carbonyl (C=O) groups excluding carboxylic acids is 1. The average Bonchev–Trinajstić information content (AvgIpc) is 2.71. The number of hydrogen-bond acceptors (Lipinski definition) is 4. The van der Waals surface area contributed by atoms with E-state index in [-0.39, 0.29) is 29.5 Å². The molecule has 0 bridgehead atoms. The van der Waals surface area contributed by atoms with E-state index < -0.39 is 0 Å². The monoisotopic (exact) mass is 381 g/mol. The highest BCUT2D eigenvalue weighted by Gasteiger charge is 2.10. The summed E-state index contributed by atoms with van der Waals surface area (Å²) < 4.78 is 19.4. The summed E-state index contributed by atoms with van der Waals surface area (Å²) in [6.45, 7) is 0.578. The van der Waals surface area contributed by atoms with Crippen LogP contribution in [0, 0.1) is 5.82 Å². The van der Waals surface area contributed by atoms with Crippen molar-refractivity contribution >= 4 is 5.91 Å². The summed E-state index contributed by atoms with van der Waals surface area (Å²) in [4.78, 5) is 24.4. The number of amides is 1. The van der Waals surface area contributed by atoms with Gasteiger partial charge in [0.15, 0.2) is 0 Å². The molecule has 0 aliphatic heterocycles. The Morgan fingerprint density at radius 1 is 1.11 bits per heavy atom. The number of aromatic nitrogens is 2. The van der Waals surface area contributed by atoms with Crippen LogP contribution in [0.15, 0.2) is 65.5 Å². The van der Waals surface area contributed by atoms with Gasteiger partial charge in [0.05, 0.1) is 13.7 Å². The summed E-state index contributed by atoms with van der Waals surface area (Å²) in [7, 11) is 1.60. The number of ether oxygens (including phenoxy) is 1. The molecule has 1 amide bonds. The summed E-state index contributed by atoms with van der Waals surface area (Å²) in [6, 6.07) is 16.1. The summed E-state index contributed by atoms with van der Waals surface area (Å²) >= 11 is 0. The highest BCUT2D eigenvalue weighted by atomic mass is 19.1. The third kappa shape index (κ3) is 5.03. The standard InChI is InChI=1S/C21H20FN3O3/c1-28-18-4-2-3-15(13-18)11-12-23-21(27)19-9-10-20(26)25(24-19)14-16-5-7-17(22)8-6-16/h2-10,13H,11-12,14H2,1H3,(H,23,27). The zero-order valence-corrected chi connectivity index (χ0v) is 15.4. The topological polar surface area (TPSA) is 73.2 Å². The number of nitrogens with one attached hydrogen (secondary N) is 1. The highest BCUT2D eigenvalue weighted by Crippen LogP contribution is 2.12. The van der Waals surface area contributed by atoms with E-state index in [0.717, 1.165) is 11.3 Å². The first-order valence-electron chi connectivity index (χ1n) is 8.79. The predicted octanol–water partition coefficient (Wildman–Crippen LogP) is 2.41. The van der Waals surface area contributed by atoms with Crippen LogP contribution in [0.5, 0.6) is 5.75 Å². The van der Waals surface area contributed by atoms with Gasteiger partial charge in [0.25, 0.3) is 11.5 Å². The van der Waals surface area contributed by atoms with Gasteiger partial charge in [-0.15, -0.1) is 0 Å². The van der Waals surface area contributed by atoms with Gasteiger partial charge >= 0.3 is 0 Å². The molecule has 0 unspecified atom stereocenters. The van der Waals surface area contributed by atoms with Crippen molar-refractivity contribution < 1.29 is 13.9 Å². The smallest absolute Gasteiger partial charge is 0.271 e. The van der Waals surface area contributed by atoms with Crippen molar-refractivity contribution in [1.29, 1.82) is 0 Å². The molecule has 3 aromatic rings. The van der Waals surface area contributed by atoms with Gasteiger partial charge in [0.2, 0.25) is 0 Å². The SMILES string of the molecule is COc1cccc(CCNC(=O)c2ccc(=O)n(Cc3ccc(F)cc3)n2)c1. The Balaban J connectivity index is 1.63. The quantitative estimate of drug-likeness (QED) is 0.682. The van der Waals surface area contributed by atoms with Gasteiger partial charge < -0.3 is 10.1 Å². The highest BCUT2D eigenvalue weighted by molar-refractivity contribution is 5.91. The maximum Gasteiger partial charge on any atom is 0.271 e. The van der Waals surface area contributed by atoms with Crippen molar-refractivity contribution in [2.45, 2.75) is 13.0 Å². The minimum absolute atomic E-state index is 0.146. The zero-order chi connectivity index (χ0) is 19.9. The molecular formula is C21H20FN3O3. The van der Waals surface area contributed by atoms with Crippen LogP contribution in [-0.4, -0.2) is 29.3 Å². The molecule has 0 radical (unpaired) electrons. The van der Waals surface area contributed by atoms with Gasteiger partial charge in [-0.05, 0) is 47.9 Å². The van der Waals surface area contributed by atoms with E-state index in [9.17, 15) is 14.0 Å². The minimum Gasteiger partial charge on any atom is -0.497 e. The van der Waals surface area contributed by atoms with Crippen molar-refractivity contribution in [2.24, 2.45) is 0 Å². The Morgan fingerprint density at radius 3 is 2.64 bits per heavy atom. The Hall–Kier alpha value is -3.48. The second kappa shape index (κ2) is 8.94. The molecule has 144 valence electrons. The minimum atomic E-state index is -0.365. The number of methoxy groups -OCH3 is 1. The van der Waals surface area contributed by atoms with Gasteiger partial charge in [0, 0.05) is 12.6 Å². The molecule has 3 rings (SSSR count). The van der Waals surface area contributed by atoms with E-state index in [1.54, 1.807) is 19.2 Å². The lowest BCUT2D eigenvalue weighted by molar-refractivity contribution is 0.0946.